The summed E-state index contributed by atoms with van der Waals surface area (Å²) in [5, 5.41) is 29.3. The molecule has 0 fully saturated rings. The molecule has 0 radical (unpaired) electrons. The van der Waals surface area contributed by atoms with Gasteiger partial charge in [-0.2, -0.15) is 0 Å². The third-order valence-electron chi connectivity index (χ3n) is 7.04. The molecule has 0 aliphatic carbocycles. The van der Waals surface area contributed by atoms with Crippen molar-refractivity contribution in [2.24, 2.45) is 0 Å². The van der Waals surface area contributed by atoms with E-state index < -0.39 is 47.9 Å². The van der Waals surface area contributed by atoms with Crippen LogP contribution in [-0.2, 0) is 33.9 Å². The number of aliphatic hydroxyl groups is 1. The van der Waals surface area contributed by atoms with Crippen molar-refractivity contribution in [1.82, 2.24) is 36.3 Å². The number of hydrogen-bond donors (Lipinski definition) is 5. The first-order valence-electron chi connectivity index (χ1n) is 14.3. The van der Waals surface area contributed by atoms with E-state index in [-0.39, 0.29) is 31.6 Å². The summed E-state index contributed by atoms with van der Waals surface area (Å²) in [7, 11) is 1.44. The summed E-state index contributed by atoms with van der Waals surface area (Å²) < 4.78 is 12.8. The molecule has 5 rings (SSSR count). The lowest BCUT2D eigenvalue weighted by Crippen LogP contribution is -2.60. The summed E-state index contributed by atoms with van der Waals surface area (Å²) in [4.78, 5) is 53.0. The molecule has 14 heteroatoms. The number of carbonyl (C=O) groups is 4. The molecule has 0 unspecified atom stereocenters. The Hall–Kier alpha value is -4.98. The highest BCUT2D eigenvalue weighted by Gasteiger charge is 2.32. The van der Waals surface area contributed by atoms with Crippen molar-refractivity contribution < 1.29 is 33.8 Å². The largest absolute Gasteiger partial charge is 0.493 e. The third kappa shape index (κ3) is 8.31. The molecule has 44 heavy (non-hydrogen) atoms. The average molecular weight is 608 g/mol. The Balaban J connectivity index is 1.63. The van der Waals surface area contributed by atoms with Crippen molar-refractivity contribution in [3.05, 3.63) is 71.5 Å². The van der Waals surface area contributed by atoms with Crippen LogP contribution in [0, 0.1) is 0 Å². The molecule has 3 aromatic rings. The Morgan fingerprint density at radius 3 is 2.50 bits per heavy atom. The van der Waals surface area contributed by atoms with Crippen molar-refractivity contribution in [1.29, 1.82) is 0 Å². The normalized spacial score (nSPS) is 21.0. The Labute approximate surface area is 254 Å². The molecule has 2 aliphatic heterocycles. The number of fused-ring (bicyclic) bond motifs is 15. The summed E-state index contributed by atoms with van der Waals surface area (Å²) in [6.07, 6.45) is 0.697. The van der Waals surface area contributed by atoms with Gasteiger partial charge in [-0.25, -0.2) is 4.68 Å². The van der Waals surface area contributed by atoms with Crippen LogP contribution in [0.1, 0.15) is 41.9 Å². The van der Waals surface area contributed by atoms with Gasteiger partial charge in [-0.15, -0.1) is 5.10 Å². The lowest BCUT2D eigenvalue weighted by Gasteiger charge is -2.26. The van der Waals surface area contributed by atoms with Crippen molar-refractivity contribution >= 4 is 23.6 Å². The number of nitrogens with zero attached hydrogens (tertiary/aromatic N) is 3. The molecule has 14 nitrogen and oxygen atoms in total. The highest BCUT2D eigenvalue weighted by atomic mass is 16.5. The monoisotopic (exact) mass is 607 g/mol. The minimum absolute atomic E-state index is 0.0462. The number of methoxy groups -OCH3 is 1. The number of amides is 4. The van der Waals surface area contributed by atoms with Gasteiger partial charge in [0.2, 0.25) is 17.7 Å². The lowest BCUT2D eigenvalue weighted by molar-refractivity contribution is -0.134. The molecule has 234 valence electrons. The number of ether oxygens (including phenoxy) is 2. The molecule has 1 aromatic heterocycles. The van der Waals surface area contributed by atoms with Crippen LogP contribution in [0.25, 0.3) is 0 Å². The summed E-state index contributed by atoms with van der Waals surface area (Å²) in [5.74, 6) is -1.77. The molecular weight excluding hydrogens is 570 g/mol. The standard InChI is InChI=1S/C30H37N7O7/c1-4-22-29(41)34-26(18(2)38)30(42)33-23(14-19-8-6-5-7-9-19)28(40)31-16-21-17-37(36-35-21)12-13-44-24-11-10-20(27(39)32-22)15-25(24)43-3/h5-11,15,17-18,22-23,26,38H,4,12-14,16H2,1-3H3,(H,31,40)(H,32,39)(H,33,42)(H,34,41)/t18-,22+,23+,26+/m1/s1. The van der Waals surface area contributed by atoms with Crippen LogP contribution in [0.5, 0.6) is 11.5 Å². The summed E-state index contributed by atoms with van der Waals surface area (Å²) in [5.41, 5.74) is 1.50. The molecule has 4 atom stereocenters. The maximum atomic E-state index is 13.4. The quantitative estimate of drug-likeness (QED) is 0.251. The van der Waals surface area contributed by atoms with Gasteiger partial charge in [-0.1, -0.05) is 42.5 Å². The van der Waals surface area contributed by atoms with Gasteiger partial charge in [0.25, 0.3) is 5.91 Å². The van der Waals surface area contributed by atoms with Gasteiger partial charge in [-0.05, 0) is 37.1 Å². The zero-order valence-corrected chi connectivity index (χ0v) is 24.8. The van der Waals surface area contributed by atoms with Crippen LogP contribution in [-0.4, -0.2) is 81.7 Å². The number of carbonyl (C=O) groups excluding carboxylic acids is 4. The van der Waals surface area contributed by atoms with Gasteiger partial charge < -0.3 is 35.8 Å². The minimum atomic E-state index is -1.41. The molecular formula is C30H37N7O7. The Morgan fingerprint density at radius 1 is 1.02 bits per heavy atom. The van der Waals surface area contributed by atoms with Gasteiger partial charge in [0, 0.05) is 12.0 Å². The molecule has 3 heterocycles. The number of benzene rings is 2. The summed E-state index contributed by atoms with van der Waals surface area (Å²) >= 11 is 0. The van der Waals surface area contributed by atoms with Gasteiger partial charge in [0.15, 0.2) is 11.5 Å². The van der Waals surface area contributed by atoms with Crippen LogP contribution >= 0.6 is 0 Å². The van der Waals surface area contributed by atoms with Crippen LogP contribution in [0.15, 0.2) is 54.7 Å². The molecule has 2 aromatic carbocycles. The molecule has 0 saturated carbocycles. The fourth-order valence-corrected chi connectivity index (χ4v) is 4.58. The fraction of sp³-hybridized carbons (Fsp3) is 0.400. The third-order valence-corrected chi connectivity index (χ3v) is 7.04. The van der Waals surface area contributed by atoms with Gasteiger partial charge in [0.05, 0.1) is 32.5 Å². The SMILES string of the molecule is CC[C@@H]1NC(=O)c2ccc(c(OC)c2)OCCn2cc(nn2)CNC(=O)[C@H](Cc2ccccc2)NC(=O)[C@H]([C@@H](C)O)NC1=O. The second kappa shape index (κ2) is 15.0. The Morgan fingerprint density at radius 2 is 1.80 bits per heavy atom. The smallest absolute Gasteiger partial charge is 0.252 e. The zero-order chi connectivity index (χ0) is 31.6. The number of hydrogen-bond acceptors (Lipinski definition) is 9. The van der Waals surface area contributed by atoms with Crippen LogP contribution < -0.4 is 30.7 Å². The van der Waals surface area contributed by atoms with Gasteiger partial charge in [-0.3, -0.25) is 19.2 Å². The van der Waals surface area contributed by atoms with Crippen LogP contribution in [0.2, 0.25) is 0 Å². The van der Waals surface area contributed by atoms with E-state index in [1.807, 2.05) is 30.3 Å². The van der Waals surface area contributed by atoms with Gasteiger partial charge in [0.1, 0.15) is 30.4 Å². The maximum absolute atomic E-state index is 13.4. The van der Waals surface area contributed by atoms with Crippen molar-refractivity contribution in [3.8, 4) is 11.5 Å². The van der Waals surface area contributed by atoms with E-state index in [2.05, 4.69) is 31.6 Å². The molecule has 4 amide bonds. The predicted molar refractivity (Wildman–Crippen MR) is 158 cm³/mol. The Kier molecular flexibility index (Phi) is 10.9. The van der Waals surface area contributed by atoms with Crippen molar-refractivity contribution in [2.75, 3.05) is 13.7 Å². The van der Waals surface area contributed by atoms with E-state index in [4.69, 9.17) is 9.47 Å². The first kappa shape index (κ1) is 31.9. The average Bonchev–Trinajstić information content (AvgIpc) is 3.48. The fourth-order valence-electron chi connectivity index (χ4n) is 4.58. The predicted octanol–water partition coefficient (Wildman–Crippen LogP) is 0.0970. The van der Waals surface area contributed by atoms with E-state index >= 15 is 0 Å². The first-order chi connectivity index (χ1) is 21.2. The van der Waals surface area contributed by atoms with E-state index in [1.54, 1.807) is 29.9 Å². The van der Waals surface area contributed by atoms with E-state index in [9.17, 15) is 24.3 Å². The topological polar surface area (TPSA) is 186 Å². The van der Waals surface area contributed by atoms with Gasteiger partial charge >= 0.3 is 0 Å². The molecule has 5 N–H and O–H groups in total. The number of nitrogens with one attached hydrogen (secondary N) is 4. The molecule has 0 spiro atoms. The first-order valence-corrected chi connectivity index (χ1v) is 14.3. The van der Waals surface area contributed by atoms with Crippen molar-refractivity contribution in [2.45, 2.75) is 64.0 Å². The number of aromatic nitrogens is 3. The second-order valence-corrected chi connectivity index (χ2v) is 10.3. The van der Waals surface area contributed by atoms with Crippen molar-refractivity contribution in [3.63, 3.8) is 0 Å². The highest BCUT2D eigenvalue weighted by molar-refractivity contribution is 5.99. The maximum Gasteiger partial charge on any atom is 0.252 e. The van der Waals surface area contributed by atoms with Crippen LogP contribution in [0.3, 0.4) is 0 Å². The number of aliphatic hydroxyl groups excluding tert-OH is 1. The lowest BCUT2D eigenvalue weighted by atomic mass is 10.0. The highest BCUT2D eigenvalue weighted by Crippen LogP contribution is 2.28. The minimum Gasteiger partial charge on any atom is -0.493 e. The summed E-state index contributed by atoms with van der Waals surface area (Å²) in [6.45, 7) is 3.64. The summed E-state index contributed by atoms with van der Waals surface area (Å²) in [6, 6.07) is 10.3. The zero-order valence-electron chi connectivity index (χ0n) is 24.8. The van der Waals surface area contributed by atoms with E-state index in [1.165, 1.54) is 20.1 Å². The molecule has 4 bridgehead atoms. The molecule has 2 aliphatic rings. The second-order valence-electron chi connectivity index (χ2n) is 10.3. The van der Waals surface area contributed by atoms with E-state index in [0.29, 0.717) is 23.7 Å². The Bertz CT molecular complexity index is 1460. The van der Waals surface area contributed by atoms with E-state index in [0.717, 1.165) is 5.56 Å². The molecule has 0 saturated heterocycles. The number of rotatable bonds is 5. The van der Waals surface area contributed by atoms with Crippen LogP contribution in [0.4, 0.5) is 0 Å².